The highest BCUT2D eigenvalue weighted by Gasteiger charge is 2.52. The van der Waals surface area contributed by atoms with Crippen molar-refractivity contribution in [3.05, 3.63) is 26.7 Å². The first-order chi connectivity index (χ1) is 11.0. The van der Waals surface area contributed by atoms with E-state index in [1.807, 2.05) is 0 Å². The molecule has 3 aliphatic rings. The molecule has 2 aromatic heterocycles. The SMILES string of the molecule is Cn1c(=O)c2[nH]c(C3CC4C5CCC(C5)C4C3)nc2n(C)c1=O. The van der Waals surface area contributed by atoms with Crippen LogP contribution in [0.15, 0.2) is 9.59 Å². The van der Waals surface area contributed by atoms with E-state index in [1.165, 1.54) is 43.7 Å². The molecule has 0 saturated heterocycles. The molecule has 1 N–H and O–H groups in total. The van der Waals surface area contributed by atoms with Crippen LogP contribution in [0.5, 0.6) is 0 Å². The van der Waals surface area contributed by atoms with Gasteiger partial charge in [0.1, 0.15) is 11.3 Å². The average molecular weight is 314 g/mol. The summed E-state index contributed by atoms with van der Waals surface area (Å²) in [5, 5.41) is 0. The van der Waals surface area contributed by atoms with Gasteiger partial charge in [0, 0.05) is 20.0 Å². The topological polar surface area (TPSA) is 72.7 Å². The fourth-order valence-electron chi connectivity index (χ4n) is 5.78. The number of H-pyrrole nitrogens is 1. The van der Waals surface area contributed by atoms with E-state index < -0.39 is 0 Å². The summed E-state index contributed by atoms with van der Waals surface area (Å²) in [6.45, 7) is 0. The first kappa shape index (κ1) is 13.6. The maximum atomic E-state index is 12.3. The van der Waals surface area contributed by atoms with Crippen LogP contribution >= 0.6 is 0 Å². The summed E-state index contributed by atoms with van der Waals surface area (Å²) in [6, 6.07) is 0. The van der Waals surface area contributed by atoms with Crippen LogP contribution in [0.1, 0.15) is 43.8 Å². The van der Waals surface area contributed by atoms with Gasteiger partial charge in [-0.1, -0.05) is 0 Å². The Balaban J connectivity index is 1.58. The molecule has 2 heterocycles. The molecule has 2 bridgehead atoms. The zero-order chi connectivity index (χ0) is 15.9. The van der Waals surface area contributed by atoms with E-state index in [-0.39, 0.29) is 11.2 Å². The molecule has 0 aliphatic heterocycles. The third-order valence-corrected chi connectivity index (χ3v) is 6.89. The second-order valence-corrected chi connectivity index (χ2v) is 7.86. The van der Waals surface area contributed by atoms with Gasteiger partial charge >= 0.3 is 5.69 Å². The quantitative estimate of drug-likeness (QED) is 0.867. The molecular formula is C17H22N4O2. The highest BCUT2D eigenvalue weighted by Crippen LogP contribution is 2.61. The Morgan fingerprint density at radius 2 is 1.65 bits per heavy atom. The lowest BCUT2D eigenvalue weighted by atomic mass is 9.82. The molecule has 0 spiro atoms. The summed E-state index contributed by atoms with van der Waals surface area (Å²) in [4.78, 5) is 32.3. The fraction of sp³-hybridized carbons (Fsp3) is 0.706. The van der Waals surface area contributed by atoms with Crippen LogP contribution < -0.4 is 11.2 Å². The first-order valence-electron chi connectivity index (χ1n) is 8.70. The maximum Gasteiger partial charge on any atom is 0.332 e. The van der Waals surface area contributed by atoms with Gasteiger partial charge in [0.15, 0.2) is 5.65 Å². The Bertz CT molecular complexity index is 903. The second-order valence-electron chi connectivity index (χ2n) is 7.86. The van der Waals surface area contributed by atoms with Crippen LogP contribution in [0.2, 0.25) is 0 Å². The lowest BCUT2D eigenvalue weighted by molar-refractivity contribution is 0.259. The molecule has 0 aromatic carbocycles. The van der Waals surface area contributed by atoms with Crippen molar-refractivity contribution >= 4 is 11.2 Å². The maximum absolute atomic E-state index is 12.3. The van der Waals surface area contributed by atoms with Gasteiger partial charge in [0.05, 0.1) is 0 Å². The van der Waals surface area contributed by atoms with E-state index in [2.05, 4.69) is 9.97 Å². The largest absolute Gasteiger partial charge is 0.336 e. The van der Waals surface area contributed by atoms with E-state index in [1.54, 1.807) is 7.05 Å². The van der Waals surface area contributed by atoms with E-state index in [0.717, 1.165) is 34.1 Å². The first-order valence-corrected chi connectivity index (χ1v) is 8.70. The van der Waals surface area contributed by atoms with Gasteiger partial charge in [0.2, 0.25) is 0 Å². The van der Waals surface area contributed by atoms with E-state index >= 15 is 0 Å². The predicted molar refractivity (Wildman–Crippen MR) is 86.4 cm³/mol. The molecule has 0 amide bonds. The Hall–Kier alpha value is -1.85. The van der Waals surface area contributed by atoms with Crippen LogP contribution in [0.3, 0.4) is 0 Å². The number of aromatic nitrogens is 4. The van der Waals surface area contributed by atoms with Crippen LogP contribution in [-0.4, -0.2) is 19.1 Å². The highest BCUT2D eigenvalue weighted by molar-refractivity contribution is 5.69. The summed E-state index contributed by atoms with van der Waals surface area (Å²) in [7, 11) is 3.20. The minimum Gasteiger partial charge on any atom is -0.336 e. The zero-order valence-electron chi connectivity index (χ0n) is 13.6. The summed E-state index contributed by atoms with van der Waals surface area (Å²) in [6.07, 6.45) is 6.65. The van der Waals surface area contributed by atoms with Crippen LogP contribution in [0, 0.1) is 23.7 Å². The lowest BCUT2D eigenvalue weighted by Gasteiger charge is -2.23. The molecule has 122 valence electrons. The minimum absolute atomic E-state index is 0.278. The lowest BCUT2D eigenvalue weighted by Crippen LogP contribution is -2.36. The number of nitrogens with zero attached hydrogens (tertiary/aromatic N) is 3. The third kappa shape index (κ3) is 1.66. The zero-order valence-corrected chi connectivity index (χ0v) is 13.6. The molecule has 3 fully saturated rings. The number of imidazole rings is 1. The smallest absolute Gasteiger partial charge is 0.332 e. The summed E-state index contributed by atoms with van der Waals surface area (Å²) >= 11 is 0. The van der Waals surface area contributed by atoms with Gasteiger partial charge in [-0.3, -0.25) is 13.9 Å². The second kappa shape index (κ2) is 4.36. The van der Waals surface area contributed by atoms with Crippen molar-refractivity contribution in [3.63, 3.8) is 0 Å². The van der Waals surface area contributed by atoms with Crippen molar-refractivity contribution in [3.8, 4) is 0 Å². The molecule has 5 rings (SSSR count). The van der Waals surface area contributed by atoms with Crippen molar-refractivity contribution in [2.45, 2.75) is 38.0 Å². The normalized spacial score (nSPS) is 35.3. The number of fused-ring (bicyclic) bond motifs is 6. The third-order valence-electron chi connectivity index (χ3n) is 6.89. The van der Waals surface area contributed by atoms with Crippen LogP contribution in [-0.2, 0) is 14.1 Å². The highest BCUT2D eigenvalue weighted by atomic mass is 16.2. The molecule has 6 nitrogen and oxygen atoms in total. The molecule has 2 aromatic rings. The molecule has 0 radical (unpaired) electrons. The fourth-order valence-corrected chi connectivity index (χ4v) is 5.78. The molecule has 6 heteroatoms. The van der Waals surface area contributed by atoms with Gasteiger partial charge in [-0.2, -0.15) is 0 Å². The van der Waals surface area contributed by atoms with Crippen LogP contribution in [0.4, 0.5) is 0 Å². The standard InChI is InChI=1S/C17H22N4O2/c1-20-15-13(16(22)21(2)17(20)23)18-14(19-15)10-6-11-8-3-4-9(5-8)12(11)7-10/h8-12H,3-7H2,1-2H3,(H,18,19). The van der Waals surface area contributed by atoms with Gasteiger partial charge in [-0.05, 0) is 55.8 Å². The molecule has 23 heavy (non-hydrogen) atoms. The number of nitrogens with one attached hydrogen (secondary N) is 1. The Labute approximate surface area is 133 Å². The summed E-state index contributed by atoms with van der Waals surface area (Å²) < 4.78 is 2.62. The monoisotopic (exact) mass is 314 g/mol. The number of hydrogen-bond donors (Lipinski definition) is 1. The summed E-state index contributed by atoms with van der Waals surface area (Å²) in [5.74, 6) is 4.90. The van der Waals surface area contributed by atoms with Crippen molar-refractivity contribution in [2.24, 2.45) is 37.8 Å². The molecular weight excluding hydrogens is 292 g/mol. The predicted octanol–water partition coefficient (Wildman–Crippen LogP) is 1.50. The van der Waals surface area contributed by atoms with Crippen LogP contribution in [0.25, 0.3) is 11.2 Å². The Kier molecular flexibility index (Phi) is 2.58. The Morgan fingerprint density at radius 3 is 2.30 bits per heavy atom. The van der Waals surface area contributed by atoms with Crippen molar-refractivity contribution in [1.82, 2.24) is 19.1 Å². The minimum atomic E-state index is -0.318. The van der Waals surface area contributed by atoms with Gasteiger partial charge < -0.3 is 4.98 Å². The number of aryl methyl sites for hydroxylation is 1. The number of rotatable bonds is 1. The van der Waals surface area contributed by atoms with Gasteiger partial charge in [-0.15, -0.1) is 0 Å². The van der Waals surface area contributed by atoms with Crippen molar-refractivity contribution < 1.29 is 0 Å². The van der Waals surface area contributed by atoms with Gasteiger partial charge in [-0.25, -0.2) is 9.78 Å². The van der Waals surface area contributed by atoms with E-state index in [0.29, 0.717) is 17.1 Å². The molecule has 4 atom stereocenters. The van der Waals surface area contributed by atoms with Crippen molar-refractivity contribution in [1.29, 1.82) is 0 Å². The Morgan fingerprint density at radius 1 is 1.00 bits per heavy atom. The van der Waals surface area contributed by atoms with Gasteiger partial charge in [0.25, 0.3) is 5.56 Å². The molecule has 3 saturated carbocycles. The molecule has 4 unspecified atom stereocenters. The number of hydrogen-bond acceptors (Lipinski definition) is 3. The number of aromatic amines is 1. The average Bonchev–Trinajstić information content (AvgIpc) is 3.29. The molecule has 3 aliphatic carbocycles. The van der Waals surface area contributed by atoms with E-state index in [4.69, 9.17) is 0 Å². The van der Waals surface area contributed by atoms with E-state index in [9.17, 15) is 9.59 Å². The van der Waals surface area contributed by atoms with Crippen molar-refractivity contribution in [2.75, 3.05) is 0 Å². The summed E-state index contributed by atoms with van der Waals surface area (Å²) in [5.41, 5.74) is 0.361.